The van der Waals surface area contributed by atoms with Gasteiger partial charge in [-0.2, -0.15) is 0 Å². The van der Waals surface area contributed by atoms with Crippen molar-refractivity contribution in [3.05, 3.63) is 71.9 Å². The average Bonchev–Trinajstić information content (AvgIpc) is 2.77. The van der Waals surface area contributed by atoms with Crippen molar-refractivity contribution >= 4 is 34.5 Å². The summed E-state index contributed by atoms with van der Waals surface area (Å²) in [5.74, 6) is 0.238. The first-order valence-electron chi connectivity index (χ1n) is 9.92. The lowest BCUT2D eigenvalue weighted by Crippen LogP contribution is -2.36. The molecule has 1 saturated heterocycles. The fourth-order valence-corrected chi connectivity index (χ4v) is 3.43. The lowest BCUT2D eigenvalue weighted by Gasteiger charge is -2.29. The number of para-hydroxylation sites is 1. The highest BCUT2D eigenvalue weighted by Crippen LogP contribution is 2.27. The van der Waals surface area contributed by atoms with E-state index < -0.39 is 5.91 Å². The number of anilines is 5. The van der Waals surface area contributed by atoms with Gasteiger partial charge in [0.05, 0.1) is 24.5 Å². The topological polar surface area (TPSA) is 92.5 Å². The van der Waals surface area contributed by atoms with Gasteiger partial charge >= 0.3 is 0 Å². The van der Waals surface area contributed by atoms with Gasteiger partial charge in [-0.05, 0) is 42.8 Å². The molecule has 2 aromatic carbocycles. The van der Waals surface area contributed by atoms with Gasteiger partial charge < -0.3 is 26.0 Å². The first-order chi connectivity index (χ1) is 14.6. The summed E-state index contributed by atoms with van der Waals surface area (Å²) < 4.78 is 5.44. The van der Waals surface area contributed by atoms with Crippen LogP contribution in [-0.4, -0.2) is 37.2 Å². The van der Waals surface area contributed by atoms with Crippen LogP contribution in [0.25, 0.3) is 0 Å². The van der Waals surface area contributed by atoms with Crippen molar-refractivity contribution < 1.29 is 9.53 Å². The third-order valence-corrected chi connectivity index (χ3v) is 5.06. The van der Waals surface area contributed by atoms with Crippen LogP contribution in [0.15, 0.2) is 60.8 Å². The predicted octanol–water partition coefficient (Wildman–Crippen LogP) is 3.81. The van der Waals surface area contributed by atoms with Crippen LogP contribution >= 0.6 is 0 Å². The third-order valence-electron chi connectivity index (χ3n) is 5.06. The Morgan fingerprint density at radius 1 is 1.03 bits per heavy atom. The second-order valence-corrected chi connectivity index (χ2v) is 7.19. The van der Waals surface area contributed by atoms with E-state index in [2.05, 4.69) is 32.7 Å². The maximum Gasteiger partial charge on any atom is 0.250 e. The molecule has 0 saturated carbocycles. The SMILES string of the molecule is Cc1cnc(Nc2cccc(N3CCOCC3)c2)cc1Nc1ccccc1C(N)=O. The van der Waals surface area contributed by atoms with E-state index in [4.69, 9.17) is 10.5 Å². The molecule has 1 fully saturated rings. The minimum atomic E-state index is -0.469. The number of hydrogen-bond acceptors (Lipinski definition) is 6. The minimum absolute atomic E-state index is 0.446. The Hall–Kier alpha value is -3.58. The first-order valence-corrected chi connectivity index (χ1v) is 9.92. The molecule has 7 nitrogen and oxygen atoms in total. The summed E-state index contributed by atoms with van der Waals surface area (Å²) in [6, 6.07) is 17.4. The molecule has 30 heavy (non-hydrogen) atoms. The number of hydrogen-bond donors (Lipinski definition) is 3. The molecule has 1 amide bonds. The molecule has 3 aromatic rings. The number of primary amides is 1. The molecule has 0 radical (unpaired) electrons. The van der Waals surface area contributed by atoms with Gasteiger partial charge in [0.15, 0.2) is 0 Å². The van der Waals surface area contributed by atoms with Crippen molar-refractivity contribution in [3.8, 4) is 0 Å². The second-order valence-electron chi connectivity index (χ2n) is 7.19. The molecule has 1 aliphatic rings. The highest BCUT2D eigenvalue weighted by atomic mass is 16.5. The van der Waals surface area contributed by atoms with Gasteiger partial charge in [0, 0.05) is 42.4 Å². The molecule has 4 N–H and O–H groups in total. The standard InChI is InChI=1S/C23H25N5O2/c1-16-15-25-22(14-21(16)27-20-8-3-2-7-19(20)23(24)29)26-17-5-4-6-18(13-17)28-9-11-30-12-10-28/h2-8,13-15H,9-12H2,1H3,(H2,24,29)(H2,25,26,27). The van der Waals surface area contributed by atoms with Crippen LogP contribution in [0, 0.1) is 6.92 Å². The number of amides is 1. The number of carbonyl (C=O) groups is 1. The van der Waals surface area contributed by atoms with E-state index >= 15 is 0 Å². The number of nitrogens with zero attached hydrogens (tertiary/aromatic N) is 2. The maximum absolute atomic E-state index is 11.7. The lowest BCUT2D eigenvalue weighted by atomic mass is 10.1. The molecule has 2 heterocycles. The van der Waals surface area contributed by atoms with Gasteiger partial charge in [0.1, 0.15) is 5.82 Å². The van der Waals surface area contributed by atoms with Gasteiger partial charge in [-0.1, -0.05) is 18.2 Å². The van der Waals surface area contributed by atoms with E-state index in [0.717, 1.165) is 48.9 Å². The largest absolute Gasteiger partial charge is 0.378 e. The number of nitrogens with one attached hydrogen (secondary N) is 2. The van der Waals surface area contributed by atoms with E-state index in [1.807, 2.05) is 37.3 Å². The fraction of sp³-hybridized carbons (Fsp3) is 0.217. The first kappa shape index (κ1) is 19.7. The monoisotopic (exact) mass is 403 g/mol. The van der Waals surface area contributed by atoms with Gasteiger partial charge in [0.25, 0.3) is 5.91 Å². The molecule has 7 heteroatoms. The molecule has 1 aromatic heterocycles. The highest BCUT2D eigenvalue weighted by molar-refractivity contribution is 5.99. The zero-order chi connectivity index (χ0) is 20.9. The Morgan fingerprint density at radius 2 is 1.83 bits per heavy atom. The van der Waals surface area contributed by atoms with Crippen molar-refractivity contribution in [2.45, 2.75) is 6.92 Å². The summed E-state index contributed by atoms with van der Waals surface area (Å²) in [5.41, 5.74) is 10.5. The maximum atomic E-state index is 11.7. The quantitative estimate of drug-likeness (QED) is 0.580. The molecule has 154 valence electrons. The number of aromatic nitrogens is 1. The van der Waals surface area contributed by atoms with Crippen LogP contribution in [0.3, 0.4) is 0 Å². The van der Waals surface area contributed by atoms with Crippen molar-refractivity contribution in [2.24, 2.45) is 5.73 Å². The smallest absolute Gasteiger partial charge is 0.250 e. The molecular weight excluding hydrogens is 378 g/mol. The van der Waals surface area contributed by atoms with Crippen LogP contribution in [0.1, 0.15) is 15.9 Å². The third kappa shape index (κ3) is 4.52. The van der Waals surface area contributed by atoms with Gasteiger partial charge in [-0.3, -0.25) is 4.79 Å². The lowest BCUT2D eigenvalue weighted by molar-refractivity contribution is 0.100. The number of aryl methyl sites for hydroxylation is 1. The summed E-state index contributed by atoms with van der Waals surface area (Å²) >= 11 is 0. The fourth-order valence-electron chi connectivity index (χ4n) is 3.43. The Kier molecular flexibility index (Phi) is 5.81. The molecule has 0 spiro atoms. The van der Waals surface area contributed by atoms with E-state index in [9.17, 15) is 4.79 Å². The van der Waals surface area contributed by atoms with Gasteiger partial charge in [0.2, 0.25) is 0 Å². The summed E-state index contributed by atoms with van der Waals surface area (Å²) in [7, 11) is 0. The highest BCUT2D eigenvalue weighted by Gasteiger charge is 2.12. The normalized spacial score (nSPS) is 13.7. The number of benzene rings is 2. The second kappa shape index (κ2) is 8.84. The van der Waals surface area contributed by atoms with E-state index in [1.165, 1.54) is 0 Å². The predicted molar refractivity (Wildman–Crippen MR) is 120 cm³/mol. The van der Waals surface area contributed by atoms with Crippen LogP contribution < -0.4 is 21.3 Å². The Labute approximate surface area is 175 Å². The number of pyridine rings is 1. The molecular formula is C23H25N5O2. The van der Waals surface area contributed by atoms with Crippen molar-refractivity contribution in [1.29, 1.82) is 0 Å². The van der Waals surface area contributed by atoms with E-state index in [-0.39, 0.29) is 0 Å². The van der Waals surface area contributed by atoms with E-state index in [0.29, 0.717) is 17.1 Å². The molecule has 0 aliphatic carbocycles. The Morgan fingerprint density at radius 3 is 2.63 bits per heavy atom. The number of morpholine rings is 1. The summed E-state index contributed by atoms with van der Waals surface area (Å²) in [6.45, 7) is 5.24. The van der Waals surface area contributed by atoms with Gasteiger partial charge in [-0.15, -0.1) is 0 Å². The number of nitrogens with two attached hydrogens (primary N) is 1. The number of rotatable bonds is 6. The van der Waals surface area contributed by atoms with Crippen LogP contribution in [0.5, 0.6) is 0 Å². The van der Waals surface area contributed by atoms with Crippen molar-refractivity contribution in [3.63, 3.8) is 0 Å². The van der Waals surface area contributed by atoms with Crippen LogP contribution in [-0.2, 0) is 4.74 Å². The van der Waals surface area contributed by atoms with Crippen LogP contribution in [0.2, 0.25) is 0 Å². The minimum Gasteiger partial charge on any atom is -0.378 e. The van der Waals surface area contributed by atoms with Crippen molar-refractivity contribution in [1.82, 2.24) is 4.98 Å². The zero-order valence-corrected chi connectivity index (χ0v) is 16.9. The Bertz CT molecular complexity index is 1050. The summed E-state index contributed by atoms with van der Waals surface area (Å²) in [4.78, 5) is 18.5. The summed E-state index contributed by atoms with van der Waals surface area (Å²) in [6.07, 6.45) is 1.80. The number of ether oxygens (including phenoxy) is 1. The Balaban J connectivity index is 1.55. The van der Waals surface area contributed by atoms with Crippen molar-refractivity contribution in [2.75, 3.05) is 41.8 Å². The average molecular weight is 403 g/mol. The van der Waals surface area contributed by atoms with Gasteiger partial charge in [-0.25, -0.2) is 4.98 Å². The molecule has 4 rings (SSSR count). The van der Waals surface area contributed by atoms with E-state index in [1.54, 1.807) is 18.3 Å². The molecule has 0 atom stereocenters. The molecule has 0 unspecified atom stereocenters. The van der Waals surface area contributed by atoms with Crippen LogP contribution in [0.4, 0.5) is 28.6 Å². The number of carbonyl (C=O) groups excluding carboxylic acids is 1. The molecule has 0 bridgehead atoms. The zero-order valence-electron chi connectivity index (χ0n) is 16.9. The molecule has 1 aliphatic heterocycles. The summed E-state index contributed by atoms with van der Waals surface area (Å²) in [5, 5.41) is 6.68.